The molecular weight excluding hydrogens is 370 g/mol. The van der Waals surface area contributed by atoms with E-state index in [4.69, 9.17) is 4.98 Å². The number of anilines is 2. The maximum atomic E-state index is 13.1. The first kappa shape index (κ1) is 18.5. The van der Waals surface area contributed by atoms with Gasteiger partial charge in [-0.05, 0) is 50.1 Å². The highest BCUT2D eigenvalue weighted by Gasteiger charge is 2.30. The van der Waals surface area contributed by atoms with Gasteiger partial charge in [-0.25, -0.2) is 4.98 Å². The predicted molar refractivity (Wildman–Crippen MR) is 114 cm³/mol. The highest BCUT2D eigenvalue weighted by molar-refractivity contribution is 8.00. The fraction of sp³-hybridized carbons (Fsp3) is 0.227. The average Bonchev–Trinajstić information content (AvgIpc) is 2.67. The Balaban J connectivity index is 1.61. The van der Waals surface area contributed by atoms with Gasteiger partial charge in [0.1, 0.15) is 6.54 Å². The summed E-state index contributed by atoms with van der Waals surface area (Å²) in [5.41, 5.74) is 4.62. The van der Waals surface area contributed by atoms with Crippen molar-refractivity contribution in [3.05, 3.63) is 59.7 Å². The Labute approximate surface area is 168 Å². The third-order valence-electron chi connectivity index (χ3n) is 4.91. The van der Waals surface area contributed by atoms with E-state index >= 15 is 0 Å². The lowest BCUT2D eigenvalue weighted by Crippen LogP contribution is -2.45. The van der Waals surface area contributed by atoms with Crippen molar-refractivity contribution in [3.63, 3.8) is 0 Å². The number of nitrogens with one attached hydrogen (secondary N) is 1. The molecular formula is C22H21N3O2S. The zero-order chi connectivity index (χ0) is 19.8. The van der Waals surface area contributed by atoms with Gasteiger partial charge in [0.25, 0.3) is 0 Å². The van der Waals surface area contributed by atoms with E-state index in [-0.39, 0.29) is 23.6 Å². The molecule has 1 atom stereocenters. The zero-order valence-electron chi connectivity index (χ0n) is 16.0. The molecule has 2 amide bonds. The summed E-state index contributed by atoms with van der Waals surface area (Å²) in [6.07, 6.45) is 0. The van der Waals surface area contributed by atoms with Crippen LogP contribution in [0, 0.1) is 13.8 Å². The maximum Gasteiger partial charge on any atom is 0.244 e. The molecule has 0 saturated carbocycles. The second-order valence-corrected chi connectivity index (χ2v) is 8.36. The van der Waals surface area contributed by atoms with Crippen LogP contribution in [-0.4, -0.2) is 28.6 Å². The normalized spacial score (nSPS) is 14.5. The van der Waals surface area contributed by atoms with Gasteiger partial charge in [-0.2, -0.15) is 0 Å². The van der Waals surface area contributed by atoms with Crippen molar-refractivity contribution < 1.29 is 9.59 Å². The maximum absolute atomic E-state index is 13.1. The SMILES string of the molecule is Cc1cc(S[C@@H](C)C(=O)N2CC(=O)Nc3ccccc32)nc2c(C)cccc12. The number of amides is 2. The molecule has 1 N–H and O–H groups in total. The number of carbonyl (C=O) groups excluding carboxylic acids is 2. The fourth-order valence-corrected chi connectivity index (χ4v) is 4.45. The number of thioether (sulfide) groups is 1. The number of pyridine rings is 1. The fourth-order valence-electron chi connectivity index (χ4n) is 3.47. The largest absolute Gasteiger partial charge is 0.323 e. The summed E-state index contributed by atoms with van der Waals surface area (Å²) in [5.74, 6) is -0.281. The first-order valence-electron chi connectivity index (χ1n) is 9.18. The first-order chi connectivity index (χ1) is 13.4. The van der Waals surface area contributed by atoms with Crippen molar-refractivity contribution >= 4 is 45.9 Å². The lowest BCUT2D eigenvalue weighted by atomic mass is 10.1. The average molecular weight is 391 g/mol. The Hall–Kier alpha value is -2.86. The topological polar surface area (TPSA) is 62.3 Å². The van der Waals surface area contributed by atoms with E-state index in [1.807, 2.05) is 56.3 Å². The first-order valence-corrected chi connectivity index (χ1v) is 10.1. The van der Waals surface area contributed by atoms with Gasteiger partial charge in [0.2, 0.25) is 11.8 Å². The quantitative estimate of drug-likeness (QED) is 0.676. The molecule has 142 valence electrons. The van der Waals surface area contributed by atoms with Gasteiger partial charge < -0.3 is 5.32 Å². The summed E-state index contributed by atoms with van der Waals surface area (Å²) in [5, 5.41) is 4.39. The van der Waals surface area contributed by atoms with Gasteiger partial charge in [0.15, 0.2) is 0 Å². The summed E-state index contributed by atoms with van der Waals surface area (Å²) in [4.78, 5) is 31.5. The Morgan fingerprint density at radius 1 is 1.14 bits per heavy atom. The number of hydrogen-bond donors (Lipinski definition) is 1. The van der Waals surface area contributed by atoms with Crippen LogP contribution in [0.15, 0.2) is 53.6 Å². The summed E-state index contributed by atoms with van der Waals surface area (Å²) in [6, 6.07) is 15.5. The zero-order valence-corrected chi connectivity index (χ0v) is 16.8. The Bertz CT molecular complexity index is 1100. The third kappa shape index (κ3) is 3.36. The van der Waals surface area contributed by atoms with Gasteiger partial charge in [-0.15, -0.1) is 0 Å². The van der Waals surface area contributed by atoms with E-state index < -0.39 is 0 Å². The summed E-state index contributed by atoms with van der Waals surface area (Å²) >= 11 is 1.42. The number of aryl methyl sites for hydroxylation is 2. The smallest absolute Gasteiger partial charge is 0.244 e. The number of benzene rings is 2. The van der Waals surface area contributed by atoms with Crippen LogP contribution in [0.25, 0.3) is 10.9 Å². The van der Waals surface area contributed by atoms with Gasteiger partial charge >= 0.3 is 0 Å². The number of hydrogen-bond acceptors (Lipinski definition) is 4. The van der Waals surface area contributed by atoms with Crippen LogP contribution in [0.3, 0.4) is 0 Å². The highest BCUT2D eigenvalue weighted by Crippen LogP contribution is 2.33. The van der Waals surface area contributed by atoms with Crippen LogP contribution in [-0.2, 0) is 9.59 Å². The molecule has 0 bridgehead atoms. The minimum atomic E-state index is -0.368. The molecule has 0 unspecified atom stereocenters. The molecule has 0 spiro atoms. The van der Waals surface area contributed by atoms with Gasteiger partial charge in [-0.1, -0.05) is 42.1 Å². The second-order valence-electron chi connectivity index (χ2n) is 7.00. The van der Waals surface area contributed by atoms with E-state index in [1.54, 1.807) is 4.90 Å². The molecule has 5 nitrogen and oxygen atoms in total. The van der Waals surface area contributed by atoms with Crippen molar-refractivity contribution in [2.24, 2.45) is 0 Å². The van der Waals surface area contributed by atoms with Gasteiger partial charge in [0.05, 0.1) is 27.2 Å². The number of rotatable bonds is 3. The van der Waals surface area contributed by atoms with Gasteiger partial charge in [0, 0.05) is 5.39 Å². The molecule has 0 fully saturated rings. The monoisotopic (exact) mass is 391 g/mol. The minimum absolute atomic E-state index is 0.0318. The second kappa shape index (κ2) is 7.28. The van der Waals surface area contributed by atoms with E-state index in [1.165, 1.54) is 11.8 Å². The Morgan fingerprint density at radius 2 is 1.93 bits per heavy atom. The summed E-state index contributed by atoms with van der Waals surface area (Å²) < 4.78 is 0. The van der Waals surface area contributed by atoms with Crippen molar-refractivity contribution in [2.75, 3.05) is 16.8 Å². The third-order valence-corrected chi connectivity index (χ3v) is 5.91. The van der Waals surface area contributed by atoms with Crippen LogP contribution in [0.5, 0.6) is 0 Å². The Morgan fingerprint density at radius 3 is 2.75 bits per heavy atom. The highest BCUT2D eigenvalue weighted by atomic mass is 32.2. The summed E-state index contributed by atoms with van der Waals surface area (Å²) in [6.45, 7) is 6.00. The van der Waals surface area contributed by atoms with E-state index in [0.29, 0.717) is 5.69 Å². The number of carbonyl (C=O) groups is 2. The lowest BCUT2D eigenvalue weighted by molar-refractivity contribution is -0.121. The van der Waals surface area contributed by atoms with Crippen LogP contribution < -0.4 is 10.2 Å². The molecule has 4 rings (SSSR count). The molecule has 2 aromatic carbocycles. The predicted octanol–water partition coefficient (Wildman–Crippen LogP) is 4.32. The molecule has 3 aromatic rings. The van der Waals surface area contributed by atoms with E-state index in [9.17, 15) is 9.59 Å². The minimum Gasteiger partial charge on any atom is -0.323 e. The molecule has 0 aliphatic carbocycles. The van der Waals surface area contributed by atoms with Crippen molar-refractivity contribution in [1.82, 2.24) is 4.98 Å². The lowest BCUT2D eigenvalue weighted by Gasteiger charge is -2.30. The molecule has 0 saturated heterocycles. The molecule has 2 heterocycles. The molecule has 1 aliphatic rings. The standard InChI is InChI=1S/C22H21N3O2S/c1-13-7-6-8-16-14(2)11-20(24-21(13)16)28-15(3)22(27)25-12-19(26)23-17-9-4-5-10-18(17)25/h4-11,15H,12H2,1-3H3,(H,23,26)/t15-/m0/s1. The van der Waals surface area contributed by atoms with Crippen molar-refractivity contribution in [2.45, 2.75) is 31.0 Å². The molecule has 28 heavy (non-hydrogen) atoms. The molecule has 6 heteroatoms. The van der Waals surface area contributed by atoms with Crippen LogP contribution in [0.2, 0.25) is 0 Å². The number of nitrogens with zero attached hydrogens (tertiary/aromatic N) is 2. The van der Waals surface area contributed by atoms with E-state index in [0.717, 1.165) is 32.7 Å². The van der Waals surface area contributed by atoms with E-state index in [2.05, 4.69) is 18.3 Å². The number of para-hydroxylation sites is 3. The molecule has 1 aliphatic heterocycles. The van der Waals surface area contributed by atoms with Crippen LogP contribution >= 0.6 is 11.8 Å². The van der Waals surface area contributed by atoms with Gasteiger partial charge in [-0.3, -0.25) is 14.5 Å². The molecule has 1 aromatic heterocycles. The number of fused-ring (bicyclic) bond motifs is 2. The Kier molecular flexibility index (Phi) is 4.81. The summed E-state index contributed by atoms with van der Waals surface area (Å²) in [7, 11) is 0. The van der Waals surface area contributed by atoms with Crippen molar-refractivity contribution in [3.8, 4) is 0 Å². The molecule has 0 radical (unpaired) electrons. The van der Waals surface area contributed by atoms with Crippen molar-refractivity contribution in [1.29, 1.82) is 0 Å². The van der Waals surface area contributed by atoms with Crippen LogP contribution in [0.1, 0.15) is 18.1 Å². The van der Waals surface area contributed by atoms with Crippen LogP contribution in [0.4, 0.5) is 11.4 Å². The number of aromatic nitrogens is 1.